The second-order valence-corrected chi connectivity index (χ2v) is 7.27. The van der Waals surface area contributed by atoms with Crippen LogP contribution in [0.15, 0.2) is 29.9 Å². The number of carbonyl (C=O) groups excluding carboxylic acids is 2. The molecule has 1 N–H and O–H groups in total. The fourth-order valence-electron chi connectivity index (χ4n) is 3.01. The van der Waals surface area contributed by atoms with Gasteiger partial charge in [0.2, 0.25) is 5.91 Å². The molecule has 0 aromatic carbocycles. The number of likely N-dealkylation sites (tertiary alicyclic amines) is 1. The maximum absolute atomic E-state index is 12.2. The molecule has 1 fully saturated rings. The Morgan fingerprint density at radius 2 is 2.04 bits per heavy atom. The average molecular weight is 388 g/mol. The molecular weight excluding hydrogens is 364 g/mol. The van der Waals surface area contributed by atoms with E-state index in [2.05, 4.69) is 15.3 Å². The highest BCUT2D eigenvalue weighted by Crippen LogP contribution is 2.23. The van der Waals surface area contributed by atoms with Crippen molar-refractivity contribution in [3.63, 3.8) is 0 Å². The van der Waals surface area contributed by atoms with Crippen molar-refractivity contribution in [1.29, 1.82) is 0 Å². The molecule has 0 bridgehead atoms. The van der Waals surface area contributed by atoms with Crippen molar-refractivity contribution >= 4 is 23.3 Å². The number of carbonyl (C=O) groups is 2. The highest BCUT2D eigenvalue weighted by atomic mass is 32.1. The minimum absolute atomic E-state index is 0.0306. The zero-order valence-electron chi connectivity index (χ0n) is 15.4. The summed E-state index contributed by atoms with van der Waals surface area (Å²) in [7, 11) is 0. The first-order chi connectivity index (χ1) is 13.2. The van der Waals surface area contributed by atoms with Crippen LogP contribution in [-0.4, -0.2) is 52.6 Å². The van der Waals surface area contributed by atoms with E-state index in [9.17, 15) is 9.59 Å². The Kier molecular flexibility index (Phi) is 6.75. The van der Waals surface area contributed by atoms with Crippen molar-refractivity contribution in [2.75, 3.05) is 19.7 Å². The number of piperidine rings is 1. The Hall–Kier alpha value is -2.48. The molecular formula is C19H24N4O3S. The summed E-state index contributed by atoms with van der Waals surface area (Å²) in [6.07, 6.45) is 5.78. The maximum atomic E-state index is 12.2. The quantitative estimate of drug-likeness (QED) is 0.823. The molecule has 3 rings (SSSR count). The van der Waals surface area contributed by atoms with E-state index in [0.717, 1.165) is 29.1 Å². The van der Waals surface area contributed by atoms with Crippen LogP contribution < -0.4 is 5.32 Å². The SMILES string of the molecule is CCOC(=O)N1CCC(NC(=O)CCc2csc(-c3ccncc3)n2)CC1. The molecule has 144 valence electrons. The number of amides is 2. The van der Waals surface area contributed by atoms with Crippen molar-refractivity contribution in [3.8, 4) is 10.6 Å². The topological polar surface area (TPSA) is 84.4 Å². The molecule has 2 amide bonds. The van der Waals surface area contributed by atoms with Crippen LogP contribution in [0.4, 0.5) is 4.79 Å². The monoisotopic (exact) mass is 388 g/mol. The summed E-state index contributed by atoms with van der Waals surface area (Å²) in [4.78, 5) is 34.2. The van der Waals surface area contributed by atoms with E-state index in [1.807, 2.05) is 17.5 Å². The van der Waals surface area contributed by atoms with Crippen LogP contribution in [-0.2, 0) is 16.0 Å². The molecule has 1 saturated heterocycles. The number of aromatic nitrogens is 2. The van der Waals surface area contributed by atoms with Gasteiger partial charge < -0.3 is 15.0 Å². The van der Waals surface area contributed by atoms with Crippen molar-refractivity contribution in [2.45, 2.75) is 38.6 Å². The number of hydrogen-bond acceptors (Lipinski definition) is 6. The predicted octanol–water partition coefficient (Wildman–Crippen LogP) is 2.87. The maximum Gasteiger partial charge on any atom is 0.409 e. The van der Waals surface area contributed by atoms with Crippen molar-refractivity contribution in [2.24, 2.45) is 0 Å². The normalized spacial score (nSPS) is 14.8. The summed E-state index contributed by atoms with van der Waals surface area (Å²) in [5.41, 5.74) is 1.97. The Balaban J connectivity index is 1.41. The van der Waals surface area contributed by atoms with Gasteiger partial charge in [0.15, 0.2) is 0 Å². The smallest absolute Gasteiger partial charge is 0.409 e. The summed E-state index contributed by atoms with van der Waals surface area (Å²) in [6, 6.07) is 3.97. The molecule has 2 aromatic rings. The van der Waals surface area contributed by atoms with Gasteiger partial charge in [-0.1, -0.05) is 0 Å². The van der Waals surface area contributed by atoms with E-state index in [0.29, 0.717) is 32.5 Å². The molecule has 1 aliphatic rings. The lowest BCUT2D eigenvalue weighted by molar-refractivity contribution is -0.122. The first-order valence-electron chi connectivity index (χ1n) is 9.21. The molecule has 0 aliphatic carbocycles. The summed E-state index contributed by atoms with van der Waals surface area (Å²) >= 11 is 1.58. The number of ether oxygens (including phenoxy) is 1. The highest BCUT2D eigenvalue weighted by molar-refractivity contribution is 7.13. The zero-order chi connectivity index (χ0) is 19.1. The summed E-state index contributed by atoms with van der Waals surface area (Å²) in [6.45, 7) is 3.42. The minimum Gasteiger partial charge on any atom is -0.450 e. The first-order valence-corrected chi connectivity index (χ1v) is 10.1. The van der Waals surface area contributed by atoms with E-state index in [1.165, 1.54) is 0 Å². The lowest BCUT2D eigenvalue weighted by Gasteiger charge is -2.31. The van der Waals surface area contributed by atoms with Crippen molar-refractivity contribution in [3.05, 3.63) is 35.6 Å². The molecule has 0 unspecified atom stereocenters. The summed E-state index contributed by atoms with van der Waals surface area (Å²) in [5, 5.41) is 6.01. The molecule has 7 nitrogen and oxygen atoms in total. The molecule has 0 atom stereocenters. The fourth-order valence-corrected chi connectivity index (χ4v) is 3.87. The molecule has 0 radical (unpaired) electrons. The van der Waals surface area contributed by atoms with Gasteiger partial charge in [-0.05, 0) is 38.3 Å². The molecule has 0 saturated carbocycles. The van der Waals surface area contributed by atoms with Crippen molar-refractivity contribution in [1.82, 2.24) is 20.2 Å². The third-order valence-corrected chi connectivity index (χ3v) is 5.41. The van der Waals surface area contributed by atoms with Gasteiger partial charge in [-0.25, -0.2) is 9.78 Å². The molecule has 3 heterocycles. The van der Waals surface area contributed by atoms with Crippen LogP contribution in [0, 0.1) is 0 Å². The van der Waals surface area contributed by atoms with Gasteiger partial charge in [0.1, 0.15) is 5.01 Å². The highest BCUT2D eigenvalue weighted by Gasteiger charge is 2.24. The lowest BCUT2D eigenvalue weighted by atomic mass is 10.1. The summed E-state index contributed by atoms with van der Waals surface area (Å²) < 4.78 is 5.01. The minimum atomic E-state index is -0.268. The predicted molar refractivity (Wildman–Crippen MR) is 103 cm³/mol. The van der Waals surface area contributed by atoms with E-state index < -0.39 is 0 Å². The largest absolute Gasteiger partial charge is 0.450 e. The van der Waals surface area contributed by atoms with Crippen LogP contribution in [0.5, 0.6) is 0 Å². The molecule has 1 aliphatic heterocycles. The van der Waals surface area contributed by atoms with Crippen LogP contribution in [0.1, 0.15) is 31.9 Å². The van der Waals surface area contributed by atoms with Gasteiger partial charge in [-0.2, -0.15) is 0 Å². The second-order valence-electron chi connectivity index (χ2n) is 6.41. The molecule has 8 heteroatoms. The standard InChI is InChI=1S/C19H24N4O3S/c1-2-26-19(25)23-11-7-15(8-12-23)21-17(24)4-3-16-13-27-18(22-16)14-5-9-20-10-6-14/h5-6,9-10,13,15H,2-4,7-8,11-12H2,1H3,(H,21,24). The molecule has 27 heavy (non-hydrogen) atoms. The van der Waals surface area contributed by atoms with E-state index >= 15 is 0 Å². The van der Waals surface area contributed by atoms with Gasteiger partial charge in [-0.3, -0.25) is 9.78 Å². The van der Waals surface area contributed by atoms with E-state index in [4.69, 9.17) is 4.74 Å². The summed E-state index contributed by atoms with van der Waals surface area (Å²) in [5.74, 6) is 0.0306. The van der Waals surface area contributed by atoms with Gasteiger partial charge in [0.25, 0.3) is 0 Å². The fraction of sp³-hybridized carbons (Fsp3) is 0.474. The number of thiazole rings is 1. The molecule has 0 spiro atoms. The third-order valence-electron chi connectivity index (χ3n) is 4.47. The van der Waals surface area contributed by atoms with Gasteiger partial charge in [-0.15, -0.1) is 11.3 Å². The Morgan fingerprint density at radius 1 is 1.30 bits per heavy atom. The Morgan fingerprint density at radius 3 is 2.74 bits per heavy atom. The van der Waals surface area contributed by atoms with E-state index in [-0.39, 0.29) is 18.0 Å². The average Bonchev–Trinajstić information content (AvgIpc) is 3.17. The van der Waals surface area contributed by atoms with Crippen LogP contribution in [0.2, 0.25) is 0 Å². The first kappa shape index (κ1) is 19.3. The number of aryl methyl sites for hydroxylation is 1. The van der Waals surface area contributed by atoms with Crippen molar-refractivity contribution < 1.29 is 14.3 Å². The zero-order valence-corrected chi connectivity index (χ0v) is 16.2. The number of nitrogens with one attached hydrogen (secondary N) is 1. The Labute approximate surface area is 162 Å². The number of nitrogens with zero attached hydrogens (tertiary/aromatic N) is 3. The number of pyridine rings is 1. The van der Waals surface area contributed by atoms with Crippen LogP contribution >= 0.6 is 11.3 Å². The van der Waals surface area contributed by atoms with Crippen LogP contribution in [0.3, 0.4) is 0 Å². The van der Waals surface area contributed by atoms with Gasteiger partial charge in [0, 0.05) is 48.9 Å². The Bertz CT molecular complexity index is 757. The second kappa shape index (κ2) is 9.45. The van der Waals surface area contributed by atoms with Crippen LogP contribution in [0.25, 0.3) is 10.6 Å². The number of hydrogen-bond donors (Lipinski definition) is 1. The third kappa shape index (κ3) is 5.50. The number of rotatable bonds is 6. The van der Waals surface area contributed by atoms with Gasteiger partial charge >= 0.3 is 6.09 Å². The van der Waals surface area contributed by atoms with E-state index in [1.54, 1.807) is 35.6 Å². The van der Waals surface area contributed by atoms with Gasteiger partial charge in [0.05, 0.1) is 12.3 Å². The lowest BCUT2D eigenvalue weighted by Crippen LogP contribution is -2.46. The molecule has 2 aromatic heterocycles.